The molecule has 0 aromatic heterocycles. The van der Waals surface area contributed by atoms with Crippen molar-refractivity contribution >= 4 is 5.69 Å². The molecule has 0 heterocycles. The van der Waals surface area contributed by atoms with Crippen LogP contribution in [0.1, 0.15) is 0 Å². The molecule has 66 valence electrons. The first-order chi connectivity index (χ1) is 5.83. The normalized spacial score (nSPS) is 12.5. The summed E-state index contributed by atoms with van der Waals surface area (Å²) in [7, 11) is 0. The van der Waals surface area contributed by atoms with Gasteiger partial charge in [-0.25, -0.2) is 0 Å². The summed E-state index contributed by atoms with van der Waals surface area (Å²) in [5.41, 5.74) is 6.25. The second kappa shape index (κ2) is 4.74. The molecule has 4 N–H and O–H groups in total. The maximum atomic E-state index is 9.13. The van der Waals surface area contributed by atoms with Crippen molar-refractivity contribution in [3.63, 3.8) is 0 Å². The number of rotatable bonds is 4. The molecule has 3 heteroatoms. The van der Waals surface area contributed by atoms with Gasteiger partial charge in [0, 0.05) is 18.8 Å². The molecule has 0 bridgehead atoms. The third-order valence-electron chi connectivity index (χ3n) is 1.59. The zero-order valence-electron chi connectivity index (χ0n) is 6.90. The van der Waals surface area contributed by atoms with Crippen molar-refractivity contribution in [2.24, 2.45) is 5.73 Å². The number of hydrogen-bond acceptors (Lipinski definition) is 3. The Morgan fingerprint density at radius 1 is 1.33 bits per heavy atom. The van der Waals surface area contributed by atoms with Gasteiger partial charge in [0.15, 0.2) is 0 Å². The van der Waals surface area contributed by atoms with Gasteiger partial charge in [-0.15, -0.1) is 0 Å². The fourth-order valence-corrected chi connectivity index (χ4v) is 0.875. The molecule has 0 aliphatic heterocycles. The van der Waals surface area contributed by atoms with Crippen molar-refractivity contribution in [3.8, 4) is 0 Å². The Labute approximate surface area is 72.2 Å². The van der Waals surface area contributed by atoms with E-state index in [9.17, 15) is 0 Å². The van der Waals surface area contributed by atoms with Crippen LogP contribution in [-0.2, 0) is 0 Å². The van der Waals surface area contributed by atoms with Gasteiger partial charge in [-0.2, -0.15) is 0 Å². The second-order valence-electron chi connectivity index (χ2n) is 2.64. The van der Waals surface area contributed by atoms with E-state index in [4.69, 9.17) is 10.8 Å². The monoisotopic (exact) mass is 166 g/mol. The number of anilines is 1. The molecule has 1 unspecified atom stereocenters. The van der Waals surface area contributed by atoms with Crippen molar-refractivity contribution in [1.82, 2.24) is 0 Å². The molecule has 0 fully saturated rings. The Balaban J connectivity index is 2.33. The molecule has 3 nitrogen and oxygen atoms in total. The maximum absolute atomic E-state index is 9.13. The molecule has 0 saturated heterocycles. The maximum Gasteiger partial charge on any atom is 0.0834 e. The number of aliphatic hydroxyl groups is 1. The molecule has 0 saturated carbocycles. The quantitative estimate of drug-likeness (QED) is 0.607. The van der Waals surface area contributed by atoms with Gasteiger partial charge in [0.2, 0.25) is 0 Å². The highest BCUT2D eigenvalue weighted by molar-refractivity contribution is 5.42. The number of para-hydroxylation sites is 1. The summed E-state index contributed by atoms with van der Waals surface area (Å²) in [5.74, 6) is 0. The molecule has 1 rings (SSSR count). The largest absolute Gasteiger partial charge is 0.390 e. The predicted molar refractivity (Wildman–Crippen MR) is 50.0 cm³/mol. The lowest BCUT2D eigenvalue weighted by molar-refractivity contribution is 0.196. The summed E-state index contributed by atoms with van der Waals surface area (Å²) in [6.45, 7) is 0.792. The zero-order chi connectivity index (χ0) is 8.81. The van der Waals surface area contributed by atoms with E-state index in [1.165, 1.54) is 0 Å². The molecule has 12 heavy (non-hydrogen) atoms. The van der Waals surface area contributed by atoms with Crippen LogP contribution in [0, 0.1) is 0 Å². The van der Waals surface area contributed by atoms with E-state index >= 15 is 0 Å². The van der Waals surface area contributed by atoms with Gasteiger partial charge in [0.05, 0.1) is 6.10 Å². The van der Waals surface area contributed by atoms with E-state index in [0.717, 1.165) is 5.69 Å². The average Bonchev–Trinajstić information content (AvgIpc) is 2.16. The SMILES string of the molecule is NCC(O)CNc1ccccc1. The Kier molecular flexibility index (Phi) is 3.57. The third-order valence-corrected chi connectivity index (χ3v) is 1.59. The topological polar surface area (TPSA) is 58.3 Å². The molecule has 0 amide bonds. The van der Waals surface area contributed by atoms with Crippen molar-refractivity contribution in [2.45, 2.75) is 6.10 Å². The Morgan fingerprint density at radius 3 is 2.58 bits per heavy atom. The number of nitrogens with two attached hydrogens (primary N) is 1. The van der Waals surface area contributed by atoms with E-state index in [1.54, 1.807) is 0 Å². The summed E-state index contributed by atoms with van der Waals surface area (Å²) in [6.07, 6.45) is -0.467. The van der Waals surface area contributed by atoms with Crippen LogP contribution in [0.5, 0.6) is 0 Å². The van der Waals surface area contributed by atoms with Crippen LogP contribution in [0.3, 0.4) is 0 Å². The molecule has 0 spiro atoms. The minimum Gasteiger partial charge on any atom is -0.390 e. The highest BCUT2D eigenvalue weighted by Crippen LogP contribution is 2.03. The summed E-state index contributed by atoms with van der Waals surface area (Å²) in [6, 6.07) is 9.73. The van der Waals surface area contributed by atoms with Crippen LogP contribution in [0.15, 0.2) is 30.3 Å². The summed E-state index contributed by atoms with van der Waals surface area (Å²) in [4.78, 5) is 0. The molecule has 0 radical (unpaired) electrons. The Hall–Kier alpha value is -1.06. The Morgan fingerprint density at radius 2 is 2.00 bits per heavy atom. The molecule has 0 aliphatic carbocycles. The number of nitrogens with one attached hydrogen (secondary N) is 1. The van der Waals surface area contributed by atoms with E-state index in [0.29, 0.717) is 13.1 Å². The van der Waals surface area contributed by atoms with Crippen molar-refractivity contribution < 1.29 is 5.11 Å². The van der Waals surface area contributed by atoms with Crippen LogP contribution in [0.2, 0.25) is 0 Å². The van der Waals surface area contributed by atoms with Crippen LogP contribution in [0.4, 0.5) is 5.69 Å². The molecule has 1 aromatic rings. The minimum absolute atomic E-state index is 0.292. The smallest absolute Gasteiger partial charge is 0.0834 e. The molecule has 0 aliphatic rings. The first kappa shape index (κ1) is 9.03. The van der Waals surface area contributed by atoms with Crippen LogP contribution in [-0.4, -0.2) is 24.3 Å². The van der Waals surface area contributed by atoms with Gasteiger partial charge in [0.25, 0.3) is 0 Å². The highest BCUT2D eigenvalue weighted by atomic mass is 16.3. The van der Waals surface area contributed by atoms with Gasteiger partial charge < -0.3 is 16.2 Å². The zero-order valence-corrected chi connectivity index (χ0v) is 6.90. The lowest BCUT2D eigenvalue weighted by Crippen LogP contribution is -2.27. The van der Waals surface area contributed by atoms with E-state index in [1.807, 2.05) is 30.3 Å². The number of benzene rings is 1. The molecule has 1 aromatic carbocycles. The lowest BCUT2D eigenvalue weighted by atomic mass is 10.3. The fourth-order valence-electron chi connectivity index (χ4n) is 0.875. The van der Waals surface area contributed by atoms with Crippen molar-refractivity contribution in [2.75, 3.05) is 18.4 Å². The van der Waals surface area contributed by atoms with Gasteiger partial charge in [-0.05, 0) is 12.1 Å². The Bertz CT molecular complexity index is 213. The van der Waals surface area contributed by atoms with E-state index < -0.39 is 6.10 Å². The van der Waals surface area contributed by atoms with Gasteiger partial charge in [0.1, 0.15) is 0 Å². The van der Waals surface area contributed by atoms with E-state index in [2.05, 4.69) is 5.32 Å². The number of aliphatic hydroxyl groups excluding tert-OH is 1. The minimum atomic E-state index is -0.467. The fraction of sp³-hybridized carbons (Fsp3) is 0.333. The van der Waals surface area contributed by atoms with Crippen molar-refractivity contribution in [1.29, 1.82) is 0 Å². The van der Waals surface area contributed by atoms with Crippen LogP contribution < -0.4 is 11.1 Å². The number of hydrogen-bond donors (Lipinski definition) is 3. The first-order valence-corrected chi connectivity index (χ1v) is 4.00. The average molecular weight is 166 g/mol. The van der Waals surface area contributed by atoms with Gasteiger partial charge in [-0.3, -0.25) is 0 Å². The molecular formula is C9H14N2O. The molecular weight excluding hydrogens is 152 g/mol. The van der Waals surface area contributed by atoms with E-state index in [-0.39, 0.29) is 0 Å². The van der Waals surface area contributed by atoms with Gasteiger partial charge >= 0.3 is 0 Å². The van der Waals surface area contributed by atoms with Crippen molar-refractivity contribution in [3.05, 3.63) is 30.3 Å². The predicted octanol–water partition coefficient (Wildman–Crippen LogP) is 0.418. The van der Waals surface area contributed by atoms with Crippen LogP contribution in [0.25, 0.3) is 0 Å². The second-order valence-corrected chi connectivity index (χ2v) is 2.64. The lowest BCUT2D eigenvalue weighted by Gasteiger charge is -2.09. The van der Waals surface area contributed by atoms with Gasteiger partial charge in [-0.1, -0.05) is 18.2 Å². The van der Waals surface area contributed by atoms with Crippen LogP contribution >= 0.6 is 0 Å². The summed E-state index contributed by atoms with van der Waals surface area (Å²) >= 11 is 0. The summed E-state index contributed by atoms with van der Waals surface area (Å²) in [5, 5.41) is 12.2. The molecule has 1 atom stereocenters. The highest BCUT2D eigenvalue weighted by Gasteiger charge is 1.98. The standard InChI is InChI=1S/C9H14N2O/c10-6-9(12)7-11-8-4-2-1-3-5-8/h1-5,9,11-12H,6-7,10H2. The first-order valence-electron chi connectivity index (χ1n) is 4.00. The summed E-state index contributed by atoms with van der Waals surface area (Å²) < 4.78 is 0. The third kappa shape index (κ3) is 2.90.